The van der Waals surface area contributed by atoms with E-state index in [0.29, 0.717) is 12.8 Å². The highest BCUT2D eigenvalue weighted by atomic mass is 16.6. The van der Waals surface area contributed by atoms with Crippen LogP contribution in [0.1, 0.15) is 44.2 Å². The zero-order valence-electron chi connectivity index (χ0n) is 15.2. The molecule has 2 aliphatic rings. The van der Waals surface area contributed by atoms with Crippen LogP contribution in [0.2, 0.25) is 0 Å². The quantitative estimate of drug-likeness (QED) is 0.612. The fourth-order valence-corrected chi connectivity index (χ4v) is 3.95. The molecule has 1 aromatic carbocycles. The average Bonchev–Trinajstić information content (AvgIpc) is 2.64. The minimum absolute atomic E-state index is 0.101. The van der Waals surface area contributed by atoms with Gasteiger partial charge in [0.15, 0.2) is 5.41 Å². The number of allylic oxidation sites excluding steroid dienone is 1. The van der Waals surface area contributed by atoms with Crippen LogP contribution in [0.25, 0.3) is 6.08 Å². The van der Waals surface area contributed by atoms with Crippen molar-refractivity contribution in [3.63, 3.8) is 0 Å². The Bertz CT molecular complexity index is 745. The Morgan fingerprint density at radius 1 is 1.00 bits per heavy atom. The lowest BCUT2D eigenvalue weighted by Gasteiger charge is -2.42. The van der Waals surface area contributed by atoms with Gasteiger partial charge in [-0.3, -0.25) is 14.4 Å². The summed E-state index contributed by atoms with van der Waals surface area (Å²) in [5, 5.41) is 0. The molecule has 0 aliphatic heterocycles. The highest BCUT2D eigenvalue weighted by molar-refractivity contribution is 6.06. The molecule has 0 radical (unpaired) electrons. The normalized spacial score (nSPS) is 23.4. The first-order valence-corrected chi connectivity index (χ1v) is 9.12. The Morgan fingerprint density at radius 3 is 2.27 bits per heavy atom. The molecule has 0 heterocycles. The number of hydrogen-bond acceptors (Lipinski definition) is 5. The highest BCUT2D eigenvalue weighted by Gasteiger charge is 2.57. The van der Waals surface area contributed by atoms with Crippen LogP contribution in [0.5, 0.6) is 0 Å². The van der Waals surface area contributed by atoms with E-state index < -0.39 is 22.8 Å². The van der Waals surface area contributed by atoms with E-state index >= 15 is 0 Å². The maximum Gasteiger partial charge on any atom is 0.323 e. The van der Waals surface area contributed by atoms with Crippen molar-refractivity contribution in [1.29, 1.82) is 0 Å². The molecule has 1 fully saturated rings. The SMILES string of the molecule is CCOC(=O)C1(C(=O)OCC)CC[C@]2(C=Cc3ccccc3C2)C(=O)C1. The van der Waals surface area contributed by atoms with Crippen LogP contribution in [0.3, 0.4) is 0 Å². The van der Waals surface area contributed by atoms with Crippen LogP contribution in [-0.2, 0) is 30.3 Å². The lowest BCUT2D eigenvalue weighted by molar-refractivity contribution is -0.178. The Morgan fingerprint density at radius 2 is 1.65 bits per heavy atom. The molecular formula is C21H24O5. The summed E-state index contributed by atoms with van der Waals surface area (Å²) in [4.78, 5) is 38.3. The predicted octanol–water partition coefficient (Wildman–Crippen LogP) is 3.11. The number of fused-ring (bicyclic) bond motifs is 1. The monoisotopic (exact) mass is 356 g/mol. The van der Waals surface area contributed by atoms with Gasteiger partial charge < -0.3 is 9.47 Å². The third-order valence-electron chi connectivity index (χ3n) is 5.49. The summed E-state index contributed by atoms with van der Waals surface area (Å²) in [5.41, 5.74) is 0.0531. The van der Waals surface area contributed by atoms with E-state index in [1.54, 1.807) is 13.8 Å². The first-order chi connectivity index (χ1) is 12.5. The molecule has 1 aromatic rings. The number of ketones is 1. The first kappa shape index (κ1) is 18.4. The van der Waals surface area contributed by atoms with Gasteiger partial charge >= 0.3 is 11.9 Å². The Balaban J connectivity index is 1.89. The Labute approximate surface area is 153 Å². The van der Waals surface area contributed by atoms with Crippen LogP contribution in [0, 0.1) is 10.8 Å². The van der Waals surface area contributed by atoms with E-state index in [4.69, 9.17) is 9.47 Å². The van der Waals surface area contributed by atoms with Gasteiger partial charge in [0.2, 0.25) is 0 Å². The van der Waals surface area contributed by atoms with Gasteiger partial charge in [-0.15, -0.1) is 0 Å². The summed E-state index contributed by atoms with van der Waals surface area (Å²) in [6.45, 7) is 3.69. The molecule has 0 amide bonds. The number of hydrogen-bond donors (Lipinski definition) is 0. The van der Waals surface area contributed by atoms with E-state index in [2.05, 4.69) is 0 Å². The second-order valence-corrected chi connectivity index (χ2v) is 6.99. The van der Waals surface area contributed by atoms with Crippen molar-refractivity contribution in [2.24, 2.45) is 10.8 Å². The average molecular weight is 356 g/mol. The van der Waals surface area contributed by atoms with Crippen LogP contribution >= 0.6 is 0 Å². The summed E-state index contributed by atoms with van der Waals surface area (Å²) in [7, 11) is 0. The molecular weight excluding hydrogens is 332 g/mol. The largest absolute Gasteiger partial charge is 0.465 e. The molecule has 138 valence electrons. The molecule has 2 aliphatic carbocycles. The third-order valence-corrected chi connectivity index (χ3v) is 5.49. The van der Waals surface area contributed by atoms with E-state index in [1.807, 2.05) is 36.4 Å². The van der Waals surface area contributed by atoms with Crippen molar-refractivity contribution in [3.8, 4) is 0 Å². The summed E-state index contributed by atoms with van der Waals surface area (Å²) >= 11 is 0. The van der Waals surface area contributed by atoms with Gasteiger partial charge in [-0.05, 0) is 44.2 Å². The van der Waals surface area contributed by atoms with Crippen LogP contribution in [-0.4, -0.2) is 30.9 Å². The molecule has 26 heavy (non-hydrogen) atoms. The lowest BCUT2D eigenvalue weighted by Crippen LogP contribution is -2.51. The molecule has 5 heteroatoms. The van der Waals surface area contributed by atoms with Gasteiger partial charge in [0.05, 0.1) is 18.6 Å². The number of Topliss-reactive ketones (excluding diaryl/α,β-unsaturated/α-hetero) is 1. The second-order valence-electron chi connectivity index (χ2n) is 6.99. The van der Waals surface area contributed by atoms with Crippen LogP contribution in [0.15, 0.2) is 30.3 Å². The van der Waals surface area contributed by atoms with Crippen molar-refractivity contribution >= 4 is 23.8 Å². The minimum atomic E-state index is -1.51. The molecule has 0 unspecified atom stereocenters. The van der Waals surface area contributed by atoms with Crippen molar-refractivity contribution in [1.82, 2.24) is 0 Å². The molecule has 0 saturated heterocycles. The summed E-state index contributed by atoms with van der Waals surface area (Å²) in [6, 6.07) is 7.97. The number of benzene rings is 1. The van der Waals surface area contributed by atoms with Gasteiger partial charge in [-0.1, -0.05) is 36.4 Å². The third kappa shape index (κ3) is 2.96. The van der Waals surface area contributed by atoms with E-state index in [1.165, 1.54) is 0 Å². The van der Waals surface area contributed by atoms with Gasteiger partial charge in [-0.2, -0.15) is 0 Å². The molecule has 1 atom stereocenters. The molecule has 0 N–H and O–H groups in total. The van der Waals surface area contributed by atoms with Gasteiger partial charge in [0.1, 0.15) is 5.78 Å². The summed E-state index contributed by atoms with van der Waals surface area (Å²) in [6.07, 6.45) is 5.02. The van der Waals surface area contributed by atoms with Crippen molar-refractivity contribution in [3.05, 3.63) is 41.5 Å². The molecule has 3 rings (SSSR count). The minimum Gasteiger partial charge on any atom is -0.465 e. The molecule has 0 bridgehead atoms. The zero-order valence-corrected chi connectivity index (χ0v) is 15.2. The molecule has 1 saturated carbocycles. The summed E-state index contributed by atoms with van der Waals surface area (Å²) < 4.78 is 10.2. The maximum absolute atomic E-state index is 13.1. The molecule has 5 nitrogen and oxygen atoms in total. The topological polar surface area (TPSA) is 69.7 Å². The number of rotatable bonds is 4. The number of carbonyl (C=O) groups is 3. The van der Waals surface area contributed by atoms with Crippen molar-refractivity contribution in [2.75, 3.05) is 13.2 Å². The highest BCUT2D eigenvalue weighted by Crippen LogP contribution is 2.49. The maximum atomic E-state index is 13.1. The number of ether oxygens (including phenoxy) is 2. The Kier molecular flexibility index (Phi) is 4.99. The van der Waals surface area contributed by atoms with E-state index in [0.717, 1.165) is 11.1 Å². The zero-order chi connectivity index (χ0) is 18.8. The second kappa shape index (κ2) is 7.06. The first-order valence-electron chi connectivity index (χ1n) is 9.12. The number of esters is 2. The van der Waals surface area contributed by atoms with Gasteiger partial charge in [0.25, 0.3) is 0 Å². The van der Waals surface area contributed by atoms with Crippen LogP contribution < -0.4 is 0 Å². The smallest absolute Gasteiger partial charge is 0.323 e. The van der Waals surface area contributed by atoms with Gasteiger partial charge in [0, 0.05) is 6.42 Å². The summed E-state index contributed by atoms with van der Waals surface area (Å²) in [5.74, 6) is -1.40. The fourth-order valence-electron chi connectivity index (χ4n) is 3.95. The molecule has 0 aromatic heterocycles. The van der Waals surface area contributed by atoms with E-state index in [9.17, 15) is 14.4 Å². The lowest BCUT2D eigenvalue weighted by atomic mass is 9.59. The van der Waals surface area contributed by atoms with Crippen LogP contribution in [0.4, 0.5) is 0 Å². The standard InChI is InChI=1S/C21H24O5/c1-3-25-18(23)21(19(24)26-4-2)12-11-20(17(22)14-21)10-9-15-7-5-6-8-16(15)13-20/h5-10H,3-4,11-14H2,1-2H3/t20-/m0/s1. The van der Waals surface area contributed by atoms with Gasteiger partial charge in [-0.25, -0.2) is 0 Å². The van der Waals surface area contributed by atoms with Crippen molar-refractivity contribution in [2.45, 2.75) is 39.5 Å². The Hall–Kier alpha value is -2.43. The number of carbonyl (C=O) groups excluding carboxylic acids is 3. The fraction of sp³-hybridized carbons (Fsp3) is 0.476. The predicted molar refractivity (Wildman–Crippen MR) is 96.2 cm³/mol. The van der Waals surface area contributed by atoms with Crippen molar-refractivity contribution < 1.29 is 23.9 Å². The molecule has 1 spiro atoms. The van der Waals surface area contributed by atoms with E-state index in [-0.39, 0.29) is 31.8 Å².